The third-order valence-electron chi connectivity index (χ3n) is 10.1. The highest BCUT2D eigenvalue weighted by atomic mass is 16.5. The molecule has 4 fully saturated rings. The lowest BCUT2D eigenvalue weighted by Crippen LogP contribution is -2.53. The molecule has 0 saturated heterocycles. The maximum Gasteiger partial charge on any atom is 0.331 e. The average molecular weight is 357 g/mol. The van der Waals surface area contributed by atoms with Crippen molar-refractivity contribution in [1.29, 1.82) is 0 Å². The molecule has 0 spiro atoms. The van der Waals surface area contributed by atoms with Crippen LogP contribution in [0.1, 0.15) is 84.5 Å². The van der Waals surface area contributed by atoms with Gasteiger partial charge in [-0.05, 0) is 104 Å². The Balaban J connectivity index is 1.44. The van der Waals surface area contributed by atoms with Crippen molar-refractivity contribution in [3.63, 3.8) is 0 Å². The smallest absolute Gasteiger partial charge is 0.331 e. The van der Waals surface area contributed by atoms with Crippen LogP contribution in [0, 0.1) is 40.4 Å². The summed E-state index contributed by atoms with van der Waals surface area (Å²) in [5, 5.41) is 0. The van der Waals surface area contributed by atoms with Gasteiger partial charge in [0, 0.05) is 6.08 Å². The molecule has 4 aliphatic carbocycles. The molecule has 0 amide bonds. The maximum atomic E-state index is 11.6. The van der Waals surface area contributed by atoms with Gasteiger partial charge in [0.05, 0.1) is 0 Å². The quantitative estimate of drug-likeness (QED) is 0.575. The third kappa shape index (κ3) is 2.26. The Hall–Kier alpha value is -0.790. The standard InChI is InChI=1S/C24H36O2/c1-3-24-12-5-4-6-17(24)7-8-18-20-10-9-19(16-14-22(25)26-15-16)23(20,2)13-11-21(18)24/h14,17-21H,3-13,15H2,1-2H3/t17?,18-,19+,20+,21-,23+,24-/m0/s1. The summed E-state index contributed by atoms with van der Waals surface area (Å²) in [6, 6.07) is 0. The molecule has 1 heterocycles. The van der Waals surface area contributed by atoms with Gasteiger partial charge in [0.15, 0.2) is 0 Å². The zero-order chi connectivity index (χ0) is 17.9. The van der Waals surface area contributed by atoms with E-state index in [1.807, 2.05) is 6.08 Å². The van der Waals surface area contributed by atoms with Gasteiger partial charge in [0.2, 0.25) is 0 Å². The summed E-state index contributed by atoms with van der Waals surface area (Å²) in [4.78, 5) is 11.6. The molecule has 0 bridgehead atoms. The second kappa shape index (κ2) is 6.11. The minimum atomic E-state index is -0.103. The van der Waals surface area contributed by atoms with Gasteiger partial charge in [-0.2, -0.15) is 0 Å². The first-order valence-corrected chi connectivity index (χ1v) is 11.5. The molecule has 0 N–H and O–H groups in total. The number of ether oxygens (including phenoxy) is 1. The molecule has 0 radical (unpaired) electrons. The number of fused-ring (bicyclic) bond motifs is 5. The third-order valence-corrected chi connectivity index (χ3v) is 10.1. The van der Waals surface area contributed by atoms with Crippen molar-refractivity contribution in [1.82, 2.24) is 0 Å². The lowest BCUT2D eigenvalue weighted by molar-refractivity contribution is -0.135. The fraction of sp³-hybridized carbons (Fsp3) is 0.875. The summed E-state index contributed by atoms with van der Waals surface area (Å²) >= 11 is 0. The highest BCUT2D eigenvalue weighted by Crippen LogP contribution is 2.69. The molecule has 4 saturated carbocycles. The molecule has 5 aliphatic rings. The van der Waals surface area contributed by atoms with E-state index in [9.17, 15) is 4.79 Å². The van der Waals surface area contributed by atoms with E-state index in [1.54, 1.807) is 0 Å². The second-order valence-corrected chi connectivity index (χ2v) is 10.5. The molecule has 0 aromatic rings. The van der Waals surface area contributed by atoms with Crippen LogP contribution in [0.25, 0.3) is 0 Å². The van der Waals surface area contributed by atoms with Crippen LogP contribution in [0.15, 0.2) is 11.6 Å². The van der Waals surface area contributed by atoms with Crippen LogP contribution < -0.4 is 0 Å². The van der Waals surface area contributed by atoms with Gasteiger partial charge in [-0.15, -0.1) is 0 Å². The number of carbonyl (C=O) groups excluding carboxylic acids is 1. The Labute approximate surface area is 159 Å². The largest absolute Gasteiger partial charge is 0.458 e. The molecular weight excluding hydrogens is 320 g/mol. The van der Waals surface area contributed by atoms with Crippen LogP contribution in [0.4, 0.5) is 0 Å². The van der Waals surface area contributed by atoms with Crippen molar-refractivity contribution in [2.75, 3.05) is 6.61 Å². The van der Waals surface area contributed by atoms with Crippen LogP contribution in [0.5, 0.6) is 0 Å². The van der Waals surface area contributed by atoms with Gasteiger partial charge in [0.1, 0.15) is 6.61 Å². The van der Waals surface area contributed by atoms with E-state index >= 15 is 0 Å². The second-order valence-electron chi connectivity index (χ2n) is 10.5. The van der Waals surface area contributed by atoms with Crippen molar-refractivity contribution in [2.45, 2.75) is 84.5 Å². The predicted molar refractivity (Wildman–Crippen MR) is 103 cm³/mol. The van der Waals surface area contributed by atoms with E-state index in [1.165, 1.54) is 76.2 Å². The molecule has 7 atom stereocenters. The molecule has 2 nitrogen and oxygen atoms in total. The Morgan fingerprint density at radius 2 is 1.92 bits per heavy atom. The van der Waals surface area contributed by atoms with E-state index in [4.69, 9.17) is 4.74 Å². The highest BCUT2D eigenvalue weighted by molar-refractivity contribution is 5.85. The topological polar surface area (TPSA) is 26.3 Å². The number of cyclic esters (lactones) is 1. The van der Waals surface area contributed by atoms with Crippen LogP contribution in [-0.4, -0.2) is 12.6 Å². The van der Waals surface area contributed by atoms with Crippen molar-refractivity contribution in [3.8, 4) is 0 Å². The first-order valence-electron chi connectivity index (χ1n) is 11.5. The Bertz CT molecular complexity index is 622. The average Bonchev–Trinajstić information content (AvgIpc) is 3.23. The van der Waals surface area contributed by atoms with Gasteiger partial charge in [-0.3, -0.25) is 0 Å². The fourth-order valence-corrected chi connectivity index (χ4v) is 8.98. The van der Waals surface area contributed by atoms with Gasteiger partial charge >= 0.3 is 5.97 Å². The molecular formula is C24H36O2. The SMILES string of the molecule is CC[C@]12CCCCC1CC[C@H]1[C@H]3CC[C@H](C4=CC(=O)OC4)[C@@]3(C)CC[C@@H]12. The number of rotatable bonds is 2. The number of carbonyl (C=O) groups is 1. The van der Waals surface area contributed by atoms with Crippen LogP contribution in [-0.2, 0) is 9.53 Å². The molecule has 2 heteroatoms. The normalized spacial score (nSPS) is 50.5. The van der Waals surface area contributed by atoms with Gasteiger partial charge in [-0.25, -0.2) is 4.79 Å². The number of hydrogen-bond donors (Lipinski definition) is 0. The summed E-state index contributed by atoms with van der Waals surface area (Å²) in [6.45, 7) is 5.64. The first-order chi connectivity index (χ1) is 12.6. The number of esters is 1. The lowest BCUT2D eigenvalue weighted by atomic mass is 9.43. The van der Waals surface area contributed by atoms with E-state index in [0.717, 1.165) is 23.7 Å². The summed E-state index contributed by atoms with van der Waals surface area (Å²) in [5.74, 6) is 4.34. The van der Waals surface area contributed by atoms with E-state index in [2.05, 4.69) is 13.8 Å². The monoisotopic (exact) mass is 356 g/mol. The van der Waals surface area contributed by atoms with Gasteiger partial charge in [0.25, 0.3) is 0 Å². The van der Waals surface area contributed by atoms with Gasteiger partial charge < -0.3 is 4.74 Å². The molecule has 26 heavy (non-hydrogen) atoms. The summed E-state index contributed by atoms with van der Waals surface area (Å²) in [7, 11) is 0. The Kier molecular flexibility index (Phi) is 4.07. The van der Waals surface area contributed by atoms with Crippen molar-refractivity contribution < 1.29 is 9.53 Å². The van der Waals surface area contributed by atoms with Crippen molar-refractivity contribution >= 4 is 5.97 Å². The molecule has 0 aromatic heterocycles. The van der Waals surface area contributed by atoms with Crippen molar-refractivity contribution in [3.05, 3.63) is 11.6 Å². The van der Waals surface area contributed by atoms with Gasteiger partial charge in [-0.1, -0.05) is 26.7 Å². The minimum absolute atomic E-state index is 0.103. The van der Waals surface area contributed by atoms with Crippen molar-refractivity contribution in [2.24, 2.45) is 40.4 Å². The maximum absolute atomic E-state index is 11.6. The Morgan fingerprint density at radius 3 is 2.69 bits per heavy atom. The number of hydrogen-bond acceptors (Lipinski definition) is 2. The molecule has 1 aliphatic heterocycles. The predicted octanol–water partition coefficient (Wildman–Crippen LogP) is 5.91. The zero-order valence-electron chi connectivity index (χ0n) is 16.8. The molecule has 144 valence electrons. The summed E-state index contributed by atoms with van der Waals surface area (Å²) < 4.78 is 5.28. The molecule has 0 aromatic carbocycles. The van der Waals surface area contributed by atoms with Crippen LogP contribution in [0.3, 0.4) is 0 Å². The Morgan fingerprint density at radius 1 is 1.04 bits per heavy atom. The summed E-state index contributed by atoms with van der Waals surface area (Å²) in [6.07, 6.45) is 17.7. The van der Waals surface area contributed by atoms with Crippen LogP contribution in [0.2, 0.25) is 0 Å². The van der Waals surface area contributed by atoms with E-state index in [-0.39, 0.29) is 5.97 Å². The molecule has 5 rings (SSSR count). The zero-order valence-corrected chi connectivity index (χ0v) is 16.8. The minimum Gasteiger partial charge on any atom is -0.458 e. The fourth-order valence-electron chi connectivity index (χ4n) is 8.98. The first kappa shape index (κ1) is 17.3. The lowest BCUT2D eigenvalue weighted by Gasteiger charge is -2.61. The van der Waals surface area contributed by atoms with Crippen LogP contribution >= 0.6 is 0 Å². The summed E-state index contributed by atoms with van der Waals surface area (Å²) in [5.41, 5.74) is 2.40. The highest BCUT2D eigenvalue weighted by Gasteiger charge is 2.60. The van der Waals surface area contributed by atoms with E-state index < -0.39 is 0 Å². The van der Waals surface area contributed by atoms with E-state index in [0.29, 0.717) is 23.4 Å². The molecule has 1 unspecified atom stereocenters.